The lowest BCUT2D eigenvalue weighted by atomic mass is 9.97. The molecule has 0 atom stereocenters. The molecule has 1 fully saturated rings. The number of rotatable bonds is 3. The fraction of sp³-hybridized carbons (Fsp3) is 0.364. The second-order valence-corrected chi connectivity index (χ2v) is 8.69. The van der Waals surface area contributed by atoms with Crippen LogP contribution in [0.2, 0.25) is 0 Å². The monoisotopic (exact) mass is 436 g/mol. The van der Waals surface area contributed by atoms with E-state index in [0.717, 1.165) is 47.8 Å². The Labute approximate surface area is 183 Å². The topological polar surface area (TPSA) is 84.7 Å². The predicted molar refractivity (Wildman–Crippen MR) is 121 cm³/mol. The largest absolute Gasteiger partial charge is 0.378 e. The molecule has 4 aromatic rings. The third-order valence-electron chi connectivity index (χ3n) is 5.61. The second kappa shape index (κ2) is 8.99. The molecule has 0 bridgehead atoms. The molecule has 0 spiro atoms. The number of morpholine rings is 1. The van der Waals surface area contributed by atoms with E-state index in [2.05, 4.69) is 26.4 Å². The van der Waals surface area contributed by atoms with Crippen LogP contribution in [-0.2, 0) is 22.4 Å². The normalized spacial score (nSPS) is 15.9. The Balaban J connectivity index is 0.000000217. The smallest absolute Gasteiger partial charge is 0.209 e. The van der Waals surface area contributed by atoms with Gasteiger partial charge in [-0.15, -0.1) is 11.3 Å². The third-order valence-corrected chi connectivity index (χ3v) is 6.81. The second-order valence-electron chi connectivity index (χ2n) is 7.61. The average molecular weight is 437 g/mol. The first-order chi connectivity index (χ1) is 15.3. The van der Waals surface area contributed by atoms with Crippen molar-refractivity contribution in [3.63, 3.8) is 0 Å². The van der Waals surface area contributed by atoms with E-state index < -0.39 is 0 Å². The van der Waals surface area contributed by atoms with Gasteiger partial charge in [-0.3, -0.25) is 4.79 Å². The molecule has 1 aliphatic carbocycles. The summed E-state index contributed by atoms with van der Waals surface area (Å²) in [5, 5.41) is 8.92. The Hall–Kier alpha value is -3.04. The maximum atomic E-state index is 10.0. The number of fused-ring (bicyclic) bond motifs is 4. The Bertz CT molecular complexity index is 1200. The highest BCUT2D eigenvalue weighted by molar-refractivity contribution is 7.19. The molecular weight excluding hydrogens is 412 g/mol. The number of ether oxygens (including phenoxy) is 1. The fourth-order valence-electron chi connectivity index (χ4n) is 4.00. The van der Waals surface area contributed by atoms with Gasteiger partial charge in [0.2, 0.25) is 6.41 Å². The van der Waals surface area contributed by atoms with Crippen LogP contribution in [0.4, 0.5) is 11.5 Å². The highest BCUT2D eigenvalue weighted by Gasteiger charge is 2.19. The number of carbonyl (C=O) groups excluding carboxylic acids is 1. The SMILES string of the molecule is O=CN1CCOCC1.c1nc(Nc2ccn3nccc3c2)c2c3c(sc2n1)CCCC3. The van der Waals surface area contributed by atoms with Crippen LogP contribution in [0.25, 0.3) is 15.7 Å². The van der Waals surface area contributed by atoms with Gasteiger partial charge in [-0.2, -0.15) is 5.10 Å². The molecule has 6 rings (SSSR count). The highest BCUT2D eigenvalue weighted by atomic mass is 32.1. The van der Waals surface area contributed by atoms with Crippen LogP contribution in [0.1, 0.15) is 23.3 Å². The molecule has 0 aromatic carbocycles. The first kappa shape index (κ1) is 19.9. The first-order valence-corrected chi connectivity index (χ1v) is 11.4. The number of nitrogens with zero attached hydrogens (tertiary/aromatic N) is 5. The number of hydrogen-bond acceptors (Lipinski definition) is 7. The number of hydrogen-bond donors (Lipinski definition) is 1. The summed E-state index contributed by atoms with van der Waals surface area (Å²) in [6.07, 6.45) is 11.1. The Morgan fingerprint density at radius 3 is 2.84 bits per heavy atom. The number of carbonyl (C=O) groups is 1. The summed E-state index contributed by atoms with van der Waals surface area (Å²) in [7, 11) is 0. The Morgan fingerprint density at radius 2 is 2.00 bits per heavy atom. The lowest BCUT2D eigenvalue weighted by Crippen LogP contribution is -2.34. The van der Waals surface area contributed by atoms with Crippen LogP contribution >= 0.6 is 11.3 Å². The molecule has 0 saturated carbocycles. The van der Waals surface area contributed by atoms with Gasteiger partial charge in [0, 0.05) is 36.0 Å². The van der Waals surface area contributed by atoms with Crippen LogP contribution in [0.3, 0.4) is 0 Å². The maximum Gasteiger partial charge on any atom is 0.209 e. The minimum Gasteiger partial charge on any atom is -0.378 e. The molecule has 0 unspecified atom stereocenters. The minimum absolute atomic E-state index is 0.693. The van der Waals surface area contributed by atoms with Gasteiger partial charge in [-0.05, 0) is 49.4 Å². The first-order valence-electron chi connectivity index (χ1n) is 10.5. The number of nitrogens with one attached hydrogen (secondary N) is 1. The fourth-order valence-corrected chi connectivity index (χ4v) is 5.23. The summed E-state index contributed by atoms with van der Waals surface area (Å²) in [5.41, 5.74) is 3.53. The van der Waals surface area contributed by atoms with Gasteiger partial charge in [0.25, 0.3) is 0 Å². The van der Waals surface area contributed by atoms with Crippen molar-refractivity contribution in [1.29, 1.82) is 0 Å². The zero-order valence-corrected chi connectivity index (χ0v) is 18.0. The minimum atomic E-state index is 0.693. The molecule has 1 aliphatic heterocycles. The van der Waals surface area contributed by atoms with E-state index >= 15 is 0 Å². The van der Waals surface area contributed by atoms with Crippen molar-refractivity contribution in [1.82, 2.24) is 24.5 Å². The number of amides is 1. The van der Waals surface area contributed by atoms with Gasteiger partial charge in [-0.25, -0.2) is 14.5 Å². The molecular formula is C22H24N6O2S. The molecule has 8 nitrogen and oxygen atoms in total. The van der Waals surface area contributed by atoms with Gasteiger partial charge >= 0.3 is 0 Å². The van der Waals surface area contributed by atoms with Crippen LogP contribution in [0.15, 0.2) is 36.9 Å². The van der Waals surface area contributed by atoms with Gasteiger partial charge in [-0.1, -0.05) is 0 Å². The Kier molecular flexibility index (Phi) is 5.77. The van der Waals surface area contributed by atoms with Gasteiger partial charge in [0.05, 0.1) is 24.1 Å². The van der Waals surface area contributed by atoms with Gasteiger partial charge < -0.3 is 15.0 Å². The molecule has 160 valence electrons. The van der Waals surface area contributed by atoms with E-state index in [9.17, 15) is 4.79 Å². The maximum absolute atomic E-state index is 10.0. The molecule has 5 heterocycles. The zero-order valence-electron chi connectivity index (χ0n) is 17.2. The summed E-state index contributed by atoms with van der Waals surface area (Å²) in [4.78, 5) is 23.3. The van der Waals surface area contributed by atoms with E-state index in [1.165, 1.54) is 35.1 Å². The summed E-state index contributed by atoms with van der Waals surface area (Å²) in [6, 6.07) is 6.10. The van der Waals surface area contributed by atoms with Crippen LogP contribution in [0.5, 0.6) is 0 Å². The number of aryl methyl sites for hydroxylation is 2. The number of anilines is 2. The van der Waals surface area contributed by atoms with E-state index in [1.807, 2.05) is 34.2 Å². The number of thiophene rings is 1. The molecule has 1 saturated heterocycles. The summed E-state index contributed by atoms with van der Waals surface area (Å²) in [6.45, 7) is 2.89. The van der Waals surface area contributed by atoms with Crippen molar-refractivity contribution in [2.45, 2.75) is 25.7 Å². The van der Waals surface area contributed by atoms with Crippen molar-refractivity contribution in [3.8, 4) is 0 Å². The third kappa shape index (κ3) is 4.24. The molecule has 2 aliphatic rings. The highest BCUT2D eigenvalue weighted by Crippen LogP contribution is 2.38. The zero-order chi connectivity index (χ0) is 21.0. The standard InChI is InChI=1S/C17H15N5S.C5H9NO2/c1-2-4-14-13(3-1)15-16(18-10-19-17(15)23-14)21-11-6-8-22-12(9-11)5-7-20-22;7-5-6-1-3-8-4-2-6/h5-10H,1-4H2,(H,18,19,21);5H,1-4H2. The lowest BCUT2D eigenvalue weighted by molar-refractivity contribution is -0.121. The van der Waals surface area contributed by atoms with Gasteiger partial charge in [0.15, 0.2) is 0 Å². The molecule has 9 heteroatoms. The van der Waals surface area contributed by atoms with E-state index in [0.29, 0.717) is 13.2 Å². The van der Waals surface area contributed by atoms with Crippen molar-refractivity contribution >= 4 is 45.0 Å². The van der Waals surface area contributed by atoms with E-state index in [-0.39, 0.29) is 0 Å². The van der Waals surface area contributed by atoms with Crippen molar-refractivity contribution in [2.24, 2.45) is 0 Å². The quantitative estimate of drug-likeness (QED) is 0.495. The van der Waals surface area contributed by atoms with Crippen molar-refractivity contribution in [2.75, 3.05) is 31.6 Å². The molecule has 0 radical (unpaired) electrons. The van der Waals surface area contributed by atoms with Gasteiger partial charge in [0.1, 0.15) is 17.0 Å². The predicted octanol–water partition coefficient (Wildman–Crippen LogP) is 3.44. The molecule has 1 amide bonds. The summed E-state index contributed by atoms with van der Waals surface area (Å²) in [5.74, 6) is 0.915. The summed E-state index contributed by atoms with van der Waals surface area (Å²) >= 11 is 1.82. The van der Waals surface area contributed by atoms with E-state index in [4.69, 9.17) is 4.74 Å². The average Bonchev–Trinajstić information content (AvgIpc) is 3.44. The van der Waals surface area contributed by atoms with Crippen molar-refractivity contribution in [3.05, 3.63) is 47.4 Å². The van der Waals surface area contributed by atoms with Crippen LogP contribution in [-0.4, -0.2) is 57.2 Å². The molecule has 1 N–H and O–H groups in total. The van der Waals surface area contributed by atoms with Crippen LogP contribution in [0, 0.1) is 0 Å². The number of aromatic nitrogens is 4. The summed E-state index contributed by atoms with van der Waals surface area (Å²) < 4.78 is 6.86. The molecule has 31 heavy (non-hydrogen) atoms. The number of pyridine rings is 1. The van der Waals surface area contributed by atoms with Crippen molar-refractivity contribution < 1.29 is 9.53 Å². The van der Waals surface area contributed by atoms with Crippen LogP contribution < -0.4 is 5.32 Å². The van der Waals surface area contributed by atoms with E-state index in [1.54, 1.807) is 17.4 Å². The lowest BCUT2D eigenvalue weighted by Gasteiger charge is -2.21. The molecule has 4 aromatic heterocycles. The Morgan fingerprint density at radius 1 is 1.13 bits per heavy atom.